The third kappa shape index (κ3) is 3.31. The van der Waals surface area contributed by atoms with Gasteiger partial charge in [-0.15, -0.1) is 16.4 Å². The van der Waals surface area contributed by atoms with Crippen LogP contribution in [0.5, 0.6) is 5.88 Å². The lowest BCUT2D eigenvalue weighted by Crippen LogP contribution is -2.17. The van der Waals surface area contributed by atoms with E-state index in [0.29, 0.717) is 21.0 Å². The van der Waals surface area contributed by atoms with Crippen LogP contribution in [0, 0.1) is 3.95 Å². The maximum Gasteiger partial charge on any atom is 0.326 e. The molecule has 128 valence electrons. The van der Waals surface area contributed by atoms with Crippen LogP contribution in [0.1, 0.15) is 29.8 Å². The summed E-state index contributed by atoms with van der Waals surface area (Å²) in [5, 5.41) is 27.9. The first-order chi connectivity index (χ1) is 12.0. The summed E-state index contributed by atoms with van der Waals surface area (Å²) in [6.07, 6.45) is 3.65. The number of aromatic hydroxyl groups is 1. The fourth-order valence-electron chi connectivity index (χ4n) is 2.57. The van der Waals surface area contributed by atoms with Gasteiger partial charge >= 0.3 is 5.97 Å². The van der Waals surface area contributed by atoms with Gasteiger partial charge in [-0.25, -0.2) is 4.79 Å². The molecule has 1 aliphatic heterocycles. The highest BCUT2D eigenvalue weighted by atomic mass is 32.1. The first kappa shape index (κ1) is 17.2. The molecule has 25 heavy (non-hydrogen) atoms. The van der Waals surface area contributed by atoms with Crippen LogP contribution in [0.4, 0.5) is 0 Å². The van der Waals surface area contributed by atoms with Gasteiger partial charge in [-0.05, 0) is 24.7 Å². The van der Waals surface area contributed by atoms with E-state index in [1.807, 2.05) is 30.3 Å². The molecule has 0 aliphatic carbocycles. The molecule has 0 radical (unpaired) electrons. The average molecular weight is 373 g/mol. The normalized spacial score (nSPS) is 16.2. The van der Waals surface area contributed by atoms with Crippen molar-refractivity contribution in [3.05, 3.63) is 50.3 Å². The summed E-state index contributed by atoms with van der Waals surface area (Å²) in [6.45, 7) is 1.74. The Hall–Kier alpha value is -2.58. The first-order valence-electron chi connectivity index (χ1n) is 7.58. The molecule has 0 bridgehead atoms. The summed E-state index contributed by atoms with van der Waals surface area (Å²) in [5.74, 6) is -1.18. The molecule has 6 nitrogen and oxygen atoms in total. The van der Waals surface area contributed by atoms with Crippen LogP contribution >= 0.6 is 23.6 Å². The molecule has 1 aromatic heterocycles. The van der Waals surface area contributed by atoms with E-state index in [9.17, 15) is 15.0 Å². The Balaban J connectivity index is 2.03. The number of carbonyl (C=O) groups is 1. The highest BCUT2D eigenvalue weighted by Gasteiger charge is 2.24. The molecule has 8 heteroatoms. The molecular weight excluding hydrogens is 358 g/mol. The molecule has 0 fully saturated rings. The quantitative estimate of drug-likeness (QED) is 0.778. The molecule has 2 heterocycles. The predicted octanol–water partition coefficient (Wildman–Crippen LogP) is 3.89. The number of hydrogen-bond donors (Lipinski definition) is 2. The summed E-state index contributed by atoms with van der Waals surface area (Å²) >= 11 is 6.41. The van der Waals surface area contributed by atoms with Crippen molar-refractivity contribution in [1.82, 2.24) is 4.57 Å². The standard InChI is InChI=1S/C17H15N3O3S2/c1-2-12(16(22)23)20-15(21)13(25-17(20)24)8-11-9-18-19-14(11)10-6-4-3-5-7-10/h3-9,12,21H,2H2,1H3,(H,22,23)/b11-8+/t12-/m1/s1. The van der Waals surface area contributed by atoms with Crippen LogP contribution in [-0.2, 0) is 4.79 Å². The number of allylic oxidation sites excluding steroid dienone is 1. The van der Waals surface area contributed by atoms with E-state index in [4.69, 9.17) is 12.2 Å². The lowest BCUT2D eigenvalue weighted by atomic mass is 10.0. The second kappa shape index (κ2) is 7.12. The van der Waals surface area contributed by atoms with Gasteiger partial charge in [0.05, 0.1) is 11.1 Å². The number of nitrogens with zero attached hydrogens (tertiary/aromatic N) is 3. The molecule has 0 unspecified atom stereocenters. The zero-order chi connectivity index (χ0) is 18.0. The van der Waals surface area contributed by atoms with E-state index in [1.54, 1.807) is 19.2 Å². The smallest absolute Gasteiger partial charge is 0.326 e. The van der Waals surface area contributed by atoms with Crippen molar-refractivity contribution in [2.45, 2.75) is 19.4 Å². The van der Waals surface area contributed by atoms with Gasteiger partial charge in [0.1, 0.15) is 11.8 Å². The van der Waals surface area contributed by atoms with Crippen LogP contribution in [0.3, 0.4) is 0 Å². The van der Waals surface area contributed by atoms with Gasteiger partial charge in [-0.3, -0.25) is 4.57 Å². The summed E-state index contributed by atoms with van der Waals surface area (Å²) in [4.78, 5) is 11.9. The van der Waals surface area contributed by atoms with Crippen molar-refractivity contribution in [2.24, 2.45) is 10.2 Å². The topological polar surface area (TPSA) is 87.2 Å². The van der Waals surface area contributed by atoms with E-state index >= 15 is 0 Å². The molecule has 2 N–H and O–H groups in total. The lowest BCUT2D eigenvalue weighted by molar-refractivity contribution is -0.141. The molecule has 2 aromatic rings. The van der Waals surface area contributed by atoms with E-state index in [2.05, 4.69) is 10.2 Å². The minimum atomic E-state index is -1.03. The third-order valence-corrected chi connectivity index (χ3v) is 5.13. The van der Waals surface area contributed by atoms with Gasteiger partial charge in [0.2, 0.25) is 5.88 Å². The van der Waals surface area contributed by atoms with Gasteiger partial charge in [-0.2, -0.15) is 5.10 Å². The van der Waals surface area contributed by atoms with E-state index < -0.39 is 12.0 Å². The summed E-state index contributed by atoms with van der Waals surface area (Å²) < 4.78 is 1.59. The number of carboxylic acids is 1. The molecule has 0 amide bonds. The number of rotatable bonds is 5. The van der Waals surface area contributed by atoms with Crippen LogP contribution in [0.25, 0.3) is 6.08 Å². The summed E-state index contributed by atoms with van der Waals surface area (Å²) in [6, 6.07) is 8.68. The van der Waals surface area contributed by atoms with E-state index in [0.717, 1.165) is 22.5 Å². The summed E-state index contributed by atoms with van der Waals surface area (Å²) in [7, 11) is 0. The first-order valence-corrected chi connectivity index (χ1v) is 8.81. The molecule has 1 aliphatic rings. The summed E-state index contributed by atoms with van der Waals surface area (Å²) in [5.41, 5.74) is 2.33. The van der Waals surface area contributed by atoms with Gasteiger partial charge in [0.25, 0.3) is 0 Å². The van der Waals surface area contributed by atoms with Crippen molar-refractivity contribution in [3.8, 4) is 5.88 Å². The zero-order valence-corrected chi connectivity index (χ0v) is 14.9. The Kier molecular flexibility index (Phi) is 4.91. The number of aromatic nitrogens is 1. The van der Waals surface area contributed by atoms with Crippen molar-refractivity contribution in [2.75, 3.05) is 0 Å². The van der Waals surface area contributed by atoms with Gasteiger partial charge in [0.15, 0.2) is 3.95 Å². The van der Waals surface area contributed by atoms with Crippen LogP contribution < -0.4 is 0 Å². The fourth-order valence-corrected chi connectivity index (χ4v) is 3.92. The van der Waals surface area contributed by atoms with Gasteiger partial charge < -0.3 is 10.2 Å². The third-order valence-electron chi connectivity index (χ3n) is 3.79. The number of hydrogen-bond acceptors (Lipinski definition) is 6. The van der Waals surface area contributed by atoms with Crippen molar-refractivity contribution in [1.29, 1.82) is 0 Å². The lowest BCUT2D eigenvalue weighted by Gasteiger charge is -2.12. The van der Waals surface area contributed by atoms with E-state index in [-0.39, 0.29) is 5.88 Å². The SMILES string of the molecule is CC[C@H](C(=O)O)n1c(O)c(/C=C2\C=NN=C2c2ccccc2)sc1=S. The monoisotopic (exact) mass is 373 g/mol. The predicted molar refractivity (Wildman–Crippen MR) is 101 cm³/mol. The van der Waals surface area contributed by atoms with Gasteiger partial charge in [0, 0.05) is 11.1 Å². The Morgan fingerprint density at radius 2 is 2.12 bits per heavy atom. The molecular formula is C17H15N3O3S2. The molecule has 0 saturated heterocycles. The average Bonchev–Trinajstić information content (AvgIpc) is 3.16. The maximum absolute atomic E-state index is 11.4. The molecule has 3 rings (SSSR count). The molecule has 0 saturated carbocycles. The second-order valence-corrected chi connectivity index (χ2v) is 7.02. The van der Waals surface area contributed by atoms with Crippen molar-refractivity contribution >= 4 is 47.5 Å². The highest BCUT2D eigenvalue weighted by molar-refractivity contribution is 7.73. The molecule has 1 aromatic carbocycles. The number of carboxylic acid groups (broad SMARTS) is 1. The van der Waals surface area contributed by atoms with Crippen molar-refractivity contribution < 1.29 is 15.0 Å². The number of aliphatic carboxylic acids is 1. The minimum Gasteiger partial charge on any atom is -0.493 e. The molecule has 0 spiro atoms. The number of benzene rings is 1. The Morgan fingerprint density at radius 3 is 2.76 bits per heavy atom. The van der Waals surface area contributed by atoms with Crippen molar-refractivity contribution in [3.63, 3.8) is 0 Å². The van der Waals surface area contributed by atoms with E-state index in [1.165, 1.54) is 4.57 Å². The van der Waals surface area contributed by atoms with Crippen LogP contribution in [-0.4, -0.2) is 32.7 Å². The maximum atomic E-state index is 11.4. The second-order valence-electron chi connectivity index (χ2n) is 5.35. The Bertz CT molecular complexity index is 955. The fraction of sp³-hybridized carbons (Fsp3) is 0.176. The van der Waals surface area contributed by atoms with Crippen LogP contribution in [0.2, 0.25) is 0 Å². The molecule has 1 atom stereocenters. The Morgan fingerprint density at radius 1 is 1.40 bits per heavy atom. The Labute approximate surface area is 153 Å². The largest absolute Gasteiger partial charge is 0.493 e. The highest BCUT2D eigenvalue weighted by Crippen LogP contribution is 2.33. The van der Waals surface area contributed by atoms with Crippen LogP contribution in [0.15, 0.2) is 46.1 Å². The minimum absolute atomic E-state index is 0.149. The number of thiazole rings is 1. The zero-order valence-electron chi connectivity index (χ0n) is 13.3. The van der Waals surface area contributed by atoms with Gasteiger partial charge in [-0.1, -0.05) is 37.3 Å².